The van der Waals surface area contributed by atoms with Gasteiger partial charge in [-0.15, -0.1) is 11.8 Å². The van der Waals surface area contributed by atoms with Crippen LogP contribution in [0.25, 0.3) is 10.8 Å². The molecule has 7 N–H and O–H groups in total. The van der Waals surface area contributed by atoms with Crippen LogP contribution in [0.1, 0.15) is 64.5 Å². The molecule has 12 nitrogen and oxygen atoms in total. The number of hydrogen-bond acceptors (Lipinski definition) is 9. The Morgan fingerprint density at radius 2 is 1.57 bits per heavy atom. The second kappa shape index (κ2) is 21.7. The van der Waals surface area contributed by atoms with Crippen LogP contribution in [0, 0.1) is 11.8 Å². The van der Waals surface area contributed by atoms with Gasteiger partial charge in [0, 0.05) is 24.1 Å². The van der Waals surface area contributed by atoms with E-state index in [4.69, 9.17) is 4.74 Å². The van der Waals surface area contributed by atoms with Crippen molar-refractivity contribution in [1.29, 1.82) is 0 Å². The van der Waals surface area contributed by atoms with Gasteiger partial charge >= 0.3 is 6.09 Å². The Labute approximate surface area is 323 Å². The van der Waals surface area contributed by atoms with Gasteiger partial charge in [-0.05, 0) is 46.6 Å². The molecule has 1 aliphatic heterocycles. The second-order valence-electron chi connectivity index (χ2n) is 14.6. The second-order valence-corrected chi connectivity index (χ2v) is 15.6. The van der Waals surface area contributed by atoms with Gasteiger partial charge in [-0.1, -0.05) is 107 Å². The van der Waals surface area contributed by atoms with Crippen molar-refractivity contribution in [3.8, 4) is 0 Å². The maximum atomic E-state index is 14.2. The van der Waals surface area contributed by atoms with E-state index in [1.54, 1.807) is 11.8 Å². The zero-order chi connectivity index (χ0) is 39.0. The molecule has 1 heterocycles. The van der Waals surface area contributed by atoms with Gasteiger partial charge in [0.25, 0.3) is 0 Å². The summed E-state index contributed by atoms with van der Waals surface area (Å²) in [4.78, 5) is 54.4. The number of rotatable bonds is 20. The fourth-order valence-electron chi connectivity index (χ4n) is 6.54. The molecular weight excluding hydrogens is 707 g/mol. The van der Waals surface area contributed by atoms with E-state index < -0.39 is 54.1 Å². The molecule has 4 unspecified atom stereocenters. The summed E-state index contributed by atoms with van der Waals surface area (Å²) in [5, 5.41) is 37.8. The van der Waals surface area contributed by atoms with Crippen molar-refractivity contribution in [2.75, 3.05) is 18.2 Å². The lowest BCUT2D eigenvalue weighted by atomic mass is 9.95. The Morgan fingerprint density at radius 1 is 0.870 bits per heavy atom. The number of amides is 4. The molecule has 1 fully saturated rings. The van der Waals surface area contributed by atoms with Crippen LogP contribution < -0.4 is 26.6 Å². The predicted molar refractivity (Wildman–Crippen MR) is 212 cm³/mol. The first-order valence-electron chi connectivity index (χ1n) is 18.9. The maximum Gasteiger partial charge on any atom is 0.408 e. The van der Waals surface area contributed by atoms with Crippen molar-refractivity contribution in [2.45, 2.75) is 103 Å². The predicted octanol–water partition coefficient (Wildman–Crippen LogP) is 4.02. The summed E-state index contributed by atoms with van der Waals surface area (Å²) in [6, 6.07) is 19.4. The molecule has 0 bridgehead atoms. The van der Waals surface area contributed by atoms with Crippen molar-refractivity contribution >= 4 is 46.3 Å². The first kappa shape index (κ1) is 42.6. The molecule has 1 aliphatic rings. The van der Waals surface area contributed by atoms with E-state index in [0.29, 0.717) is 12.3 Å². The number of aliphatic hydroxyl groups is 2. The van der Waals surface area contributed by atoms with Crippen molar-refractivity contribution in [1.82, 2.24) is 26.6 Å². The molecule has 7 atom stereocenters. The quantitative estimate of drug-likeness (QED) is 0.0896. The highest BCUT2D eigenvalue weighted by molar-refractivity contribution is 7.99. The number of ether oxygens (including phenoxy) is 1. The number of benzene rings is 3. The van der Waals surface area contributed by atoms with Gasteiger partial charge < -0.3 is 41.5 Å². The lowest BCUT2D eigenvalue weighted by Gasteiger charge is -2.30. The first-order valence-corrected chi connectivity index (χ1v) is 20.1. The fourth-order valence-corrected chi connectivity index (χ4v) is 7.55. The highest BCUT2D eigenvalue weighted by atomic mass is 32.2. The number of fused-ring (bicyclic) bond motifs is 1. The monoisotopic (exact) mass is 763 g/mol. The normalized spacial score (nSPS) is 17.5. The highest BCUT2D eigenvalue weighted by Crippen LogP contribution is 2.21. The van der Waals surface area contributed by atoms with Crippen LogP contribution in [0.3, 0.4) is 0 Å². The zero-order valence-corrected chi connectivity index (χ0v) is 32.6. The summed E-state index contributed by atoms with van der Waals surface area (Å²) in [5.74, 6) is 0.0588. The lowest BCUT2D eigenvalue weighted by Crippen LogP contribution is -2.58. The minimum absolute atomic E-state index is 0.0151. The van der Waals surface area contributed by atoms with E-state index in [9.17, 15) is 29.4 Å². The minimum atomic E-state index is -1.22. The maximum absolute atomic E-state index is 14.2. The van der Waals surface area contributed by atoms with Gasteiger partial charge in [-0.3, -0.25) is 14.4 Å². The summed E-state index contributed by atoms with van der Waals surface area (Å²) in [7, 11) is 0. The minimum Gasteiger partial charge on any atom is -0.445 e. The van der Waals surface area contributed by atoms with E-state index in [1.165, 1.54) is 0 Å². The molecule has 0 spiro atoms. The van der Waals surface area contributed by atoms with E-state index in [1.807, 2.05) is 100 Å². The van der Waals surface area contributed by atoms with Crippen molar-refractivity contribution in [3.63, 3.8) is 0 Å². The van der Waals surface area contributed by atoms with E-state index in [-0.39, 0.29) is 50.4 Å². The van der Waals surface area contributed by atoms with Crippen LogP contribution in [-0.4, -0.2) is 88.6 Å². The number of carbonyl (C=O) groups is 4. The van der Waals surface area contributed by atoms with E-state index >= 15 is 0 Å². The number of hydrogen-bond donors (Lipinski definition) is 7. The molecule has 13 heteroatoms. The zero-order valence-electron chi connectivity index (χ0n) is 31.8. The first-order chi connectivity index (χ1) is 26.0. The van der Waals surface area contributed by atoms with Crippen LogP contribution in [0.4, 0.5) is 4.79 Å². The third kappa shape index (κ3) is 13.3. The van der Waals surface area contributed by atoms with Crippen molar-refractivity contribution in [3.05, 3.63) is 83.9 Å². The standard InChI is InChI=1S/C41H57N5O7S/c1-5-27(4)36(22-47)43-38(49)21-37(48)33(18-26(2)3)44-40(51)35(20-31-24-54-25-42-31)45-39(50)34(46-41(52)53-23-28-12-7-6-8-13-28)19-30-16-11-15-29-14-9-10-17-32(29)30/h6-17,26-27,31,33-37,42,47-48H,5,18-25H2,1-4H3,(H,43,49)(H,44,51)(H,45,50)(H,46,52)/t27?,31?,33?,34-,35-,36+,37?/m0/s1. The molecular formula is C41H57N5O7S. The summed E-state index contributed by atoms with van der Waals surface area (Å²) < 4.78 is 5.50. The summed E-state index contributed by atoms with van der Waals surface area (Å²) in [6.45, 7) is 7.60. The number of nitrogens with one attached hydrogen (secondary N) is 5. The van der Waals surface area contributed by atoms with Gasteiger partial charge in [0.1, 0.15) is 18.7 Å². The van der Waals surface area contributed by atoms with Crippen LogP contribution in [0.2, 0.25) is 0 Å². The Kier molecular flexibility index (Phi) is 17.1. The van der Waals surface area contributed by atoms with Gasteiger partial charge in [0.2, 0.25) is 17.7 Å². The number of thioether (sulfide) groups is 1. The molecule has 0 aromatic heterocycles. The molecule has 1 saturated heterocycles. The Hall–Kier alpha value is -4.17. The third-order valence-corrected chi connectivity index (χ3v) is 10.9. The smallest absolute Gasteiger partial charge is 0.408 e. The van der Waals surface area contributed by atoms with Crippen molar-refractivity contribution in [2.24, 2.45) is 11.8 Å². The van der Waals surface area contributed by atoms with Gasteiger partial charge in [-0.2, -0.15) is 0 Å². The highest BCUT2D eigenvalue weighted by Gasteiger charge is 2.34. The molecule has 0 saturated carbocycles. The van der Waals surface area contributed by atoms with Crippen LogP contribution >= 0.6 is 11.8 Å². The third-order valence-electron chi connectivity index (χ3n) is 9.86. The van der Waals surface area contributed by atoms with Crippen LogP contribution in [0.15, 0.2) is 72.8 Å². The molecule has 0 radical (unpaired) electrons. The summed E-state index contributed by atoms with van der Waals surface area (Å²) in [5.41, 5.74) is 1.63. The molecule has 294 valence electrons. The van der Waals surface area contributed by atoms with Crippen molar-refractivity contribution < 1.29 is 34.1 Å². The SMILES string of the molecule is CCC(C)[C@@H](CO)NC(=O)CC(O)C(CC(C)C)NC(=O)[C@H](CC1CSCN1)NC(=O)[C@H](Cc1cccc2ccccc12)NC(=O)OCc1ccccc1. The largest absolute Gasteiger partial charge is 0.445 e. The molecule has 0 aliphatic carbocycles. The van der Waals surface area contributed by atoms with E-state index in [0.717, 1.165) is 34.1 Å². The Bertz CT molecular complexity index is 1650. The van der Waals surface area contributed by atoms with Gasteiger partial charge in [0.05, 0.1) is 31.2 Å². The average Bonchev–Trinajstić information content (AvgIpc) is 3.68. The Morgan fingerprint density at radius 3 is 2.26 bits per heavy atom. The topological polar surface area (TPSA) is 178 Å². The van der Waals surface area contributed by atoms with Crippen LogP contribution in [-0.2, 0) is 32.1 Å². The fraction of sp³-hybridized carbons (Fsp3) is 0.512. The molecule has 4 amide bonds. The van der Waals surface area contributed by atoms with Crippen LogP contribution in [0.5, 0.6) is 0 Å². The summed E-state index contributed by atoms with van der Waals surface area (Å²) in [6.07, 6.45) is -0.726. The molecule has 3 aromatic carbocycles. The summed E-state index contributed by atoms with van der Waals surface area (Å²) >= 11 is 1.69. The Balaban J connectivity index is 1.54. The average molecular weight is 764 g/mol. The number of alkyl carbamates (subject to hydrolysis) is 1. The van der Waals surface area contributed by atoms with Gasteiger partial charge in [0.15, 0.2) is 0 Å². The number of aliphatic hydroxyl groups excluding tert-OH is 2. The molecule has 54 heavy (non-hydrogen) atoms. The van der Waals surface area contributed by atoms with Gasteiger partial charge in [-0.25, -0.2) is 4.79 Å². The lowest BCUT2D eigenvalue weighted by molar-refractivity contribution is -0.131. The number of carbonyl (C=O) groups excluding carboxylic acids is 4. The van der Waals surface area contributed by atoms with E-state index in [2.05, 4.69) is 26.6 Å². The molecule has 4 rings (SSSR count). The molecule has 3 aromatic rings.